The van der Waals surface area contributed by atoms with Crippen LogP contribution in [0, 0.1) is 0 Å². The van der Waals surface area contributed by atoms with Crippen molar-refractivity contribution in [3.05, 3.63) is 24.0 Å². The van der Waals surface area contributed by atoms with Crippen molar-refractivity contribution in [1.82, 2.24) is 4.72 Å². The van der Waals surface area contributed by atoms with Gasteiger partial charge in [-0.1, -0.05) is 12.2 Å². The van der Waals surface area contributed by atoms with Crippen LogP contribution in [0.3, 0.4) is 0 Å². The largest absolute Gasteiger partial charge is 0.495 e. The van der Waals surface area contributed by atoms with E-state index in [0.29, 0.717) is 0 Å². The van der Waals surface area contributed by atoms with Gasteiger partial charge in [0.25, 0.3) is 0 Å². The number of hydrogen-bond acceptors (Lipinski definition) is 5. The van der Waals surface area contributed by atoms with Gasteiger partial charge in [0.1, 0.15) is 0 Å². The molecular formula is C16H26BNO5S. The molecule has 0 radical (unpaired) electrons. The Hall–Kier alpha value is -0.825. The Morgan fingerprint density at radius 2 is 1.79 bits per heavy atom. The Balaban J connectivity index is 1.88. The van der Waals surface area contributed by atoms with Crippen LogP contribution in [0.4, 0.5) is 0 Å². The van der Waals surface area contributed by atoms with Gasteiger partial charge in [0.2, 0.25) is 10.0 Å². The van der Waals surface area contributed by atoms with Gasteiger partial charge in [0, 0.05) is 6.04 Å². The number of hydrogen-bond donors (Lipinski definition) is 1. The van der Waals surface area contributed by atoms with Crippen molar-refractivity contribution < 1.29 is 22.5 Å². The summed E-state index contributed by atoms with van der Waals surface area (Å²) in [7, 11) is -3.95. The number of rotatable bonds is 5. The molecule has 134 valence electrons. The van der Waals surface area contributed by atoms with Crippen LogP contribution in [-0.2, 0) is 24.1 Å². The zero-order valence-electron chi connectivity index (χ0n) is 14.9. The van der Waals surface area contributed by atoms with Crippen LogP contribution in [0.15, 0.2) is 24.0 Å². The second-order valence-corrected chi connectivity index (χ2v) is 9.62. The Kier molecular flexibility index (Phi) is 4.39. The smallest absolute Gasteiger partial charge is 0.471 e. The van der Waals surface area contributed by atoms with Gasteiger partial charge in [-0.3, -0.25) is 0 Å². The van der Waals surface area contributed by atoms with E-state index in [1.54, 1.807) is 0 Å². The van der Waals surface area contributed by atoms with Gasteiger partial charge >= 0.3 is 7.12 Å². The molecular weight excluding hydrogens is 329 g/mol. The summed E-state index contributed by atoms with van der Waals surface area (Å²) >= 11 is 0. The highest BCUT2D eigenvalue weighted by Crippen LogP contribution is 2.45. The molecule has 8 heteroatoms. The average molecular weight is 355 g/mol. The van der Waals surface area contributed by atoms with E-state index in [9.17, 15) is 8.42 Å². The zero-order valence-corrected chi connectivity index (χ0v) is 15.7. The molecule has 6 nitrogen and oxygen atoms in total. The first kappa shape index (κ1) is 18.0. The second-order valence-electron chi connectivity index (χ2n) is 7.84. The van der Waals surface area contributed by atoms with Gasteiger partial charge in [-0.25, -0.2) is 13.1 Å². The Labute approximate surface area is 144 Å². The summed E-state index contributed by atoms with van der Waals surface area (Å²) in [5.74, 6) is 0.367. The third-order valence-electron chi connectivity index (χ3n) is 5.04. The first-order valence-electron chi connectivity index (χ1n) is 8.36. The highest BCUT2D eigenvalue weighted by atomic mass is 32.2. The number of allylic oxidation sites excluding steroid dienone is 2. The van der Waals surface area contributed by atoms with E-state index >= 15 is 0 Å². The molecule has 1 saturated carbocycles. The van der Waals surface area contributed by atoms with Gasteiger partial charge < -0.3 is 14.0 Å². The lowest BCUT2D eigenvalue weighted by molar-refractivity contribution is 0.00578. The normalized spacial score (nSPS) is 31.9. The Morgan fingerprint density at radius 1 is 1.21 bits per heavy atom. The summed E-state index contributed by atoms with van der Waals surface area (Å²) in [6, 6.07) is -0.464. The molecule has 2 fully saturated rings. The lowest BCUT2D eigenvalue weighted by Crippen LogP contribution is -2.45. The molecule has 24 heavy (non-hydrogen) atoms. The zero-order chi connectivity index (χ0) is 17.8. The summed E-state index contributed by atoms with van der Waals surface area (Å²) in [6.07, 6.45) is 8.95. The molecule has 0 aromatic rings. The quantitative estimate of drug-likeness (QED) is 0.764. The lowest BCUT2D eigenvalue weighted by Gasteiger charge is -2.32. The maximum atomic E-state index is 11.8. The van der Waals surface area contributed by atoms with E-state index in [1.165, 1.54) is 0 Å². The summed E-state index contributed by atoms with van der Waals surface area (Å²) in [5, 5.41) is 0. The SMILES string of the molecule is CC1(C)OB(C2C(OC3CC3)=CC=CC2NS(C)(=O)=O)OC1(C)C. The van der Waals surface area contributed by atoms with Crippen LogP contribution < -0.4 is 4.72 Å². The lowest BCUT2D eigenvalue weighted by atomic mass is 9.65. The minimum atomic E-state index is -3.38. The first-order chi connectivity index (χ1) is 11.0. The van der Waals surface area contributed by atoms with Gasteiger partial charge in [-0.05, 0) is 46.6 Å². The molecule has 2 unspecified atom stereocenters. The molecule has 1 saturated heterocycles. The molecule has 0 aromatic heterocycles. The fourth-order valence-electron chi connectivity index (χ4n) is 2.87. The van der Waals surface area contributed by atoms with E-state index < -0.39 is 34.4 Å². The molecule has 0 amide bonds. The van der Waals surface area contributed by atoms with E-state index in [2.05, 4.69) is 4.72 Å². The van der Waals surface area contributed by atoms with E-state index in [0.717, 1.165) is 24.9 Å². The topological polar surface area (TPSA) is 73.9 Å². The van der Waals surface area contributed by atoms with E-state index in [4.69, 9.17) is 14.0 Å². The summed E-state index contributed by atoms with van der Waals surface area (Å²) in [6.45, 7) is 7.93. The molecule has 0 aromatic carbocycles. The molecule has 0 bridgehead atoms. The minimum absolute atomic E-state index is 0.214. The standard InChI is InChI=1S/C16H26BNO5S/c1-15(2)16(3,4)23-17(22-15)14-12(18-24(5,19)20)7-6-8-13(14)21-11-9-10-11/h6-8,11-12,14,18H,9-10H2,1-5H3. The van der Waals surface area contributed by atoms with Crippen molar-refractivity contribution in [2.45, 2.75) is 69.7 Å². The molecule has 1 aliphatic heterocycles. The summed E-state index contributed by atoms with van der Waals surface area (Å²) in [5.41, 5.74) is -0.974. The fraction of sp³-hybridized carbons (Fsp3) is 0.750. The Bertz CT molecular complexity index is 650. The van der Waals surface area contributed by atoms with E-state index in [-0.39, 0.29) is 11.9 Å². The van der Waals surface area contributed by atoms with Crippen LogP contribution in [0.1, 0.15) is 40.5 Å². The van der Waals surface area contributed by atoms with Crippen LogP contribution in [0.2, 0.25) is 5.82 Å². The second kappa shape index (κ2) is 5.86. The third kappa shape index (κ3) is 3.71. The van der Waals surface area contributed by atoms with Gasteiger partial charge in [-0.2, -0.15) is 0 Å². The average Bonchev–Trinajstić information content (AvgIpc) is 3.15. The predicted octanol–water partition coefficient (Wildman–Crippen LogP) is 2.00. The molecule has 3 rings (SSSR count). The van der Waals surface area contributed by atoms with Crippen molar-refractivity contribution in [3.63, 3.8) is 0 Å². The molecule has 2 aliphatic carbocycles. The summed E-state index contributed by atoms with van der Waals surface area (Å²) < 4.78 is 44.6. The van der Waals surface area contributed by atoms with Crippen molar-refractivity contribution >= 4 is 17.1 Å². The van der Waals surface area contributed by atoms with E-state index in [1.807, 2.05) is 45.9 Å². The van der Waals surface area contributed by atoms with Crippen LogP contribution in [0.25, 0.3) is 0 Å². The highest BCUT2D eigenvalue weighted by molar-refractivity contribution is 7.88. The van der Waals surface area contributed by atoms with Gasteiger partial charge in [0.05, 0.1) is 35.1 Å². The fourth-order valence-corrected chi connectivity index (χ4v) is 3.59. The molecule has 3 aliphatic rings. The number of sulfonamides is 1. The maximum absolute atomic E-state index is 11.8. The number of nitrogens with one attached hydrogen (secondary N) is 1. The predicted molar refractivity (Wildman–Crippen MR) is 92.9 cm³/mol. The van der Waals surface area contributed by atoms with Crippen molar-refractivity contribution in [2.24, 2.45) is 0 Å². The van der Waals surface area contributed by atoms with Crippen LogP contribution >= 0.6 is 0 Å². The number of ether oxygens (including phenoxy) is 1. The van der Waals surface area contributed by atoms with Crippen LogP contribution in [0.5, 0.6) is 0 Å². The molecule has 2 atom stereocenters. The third-order valence-corrected chi connectivity index (χ3v) is 5.74. The summed E-state index contributed by atoms with van der Waals surface area (Å²) in [4.78, 5) is 0. The van der Waals surface area contributed by atoms with Gasteiger partial charge in [0.15, 0.2) is 0 Å². The van der Waals surface area contributed by atoms with Crippen molar-refractivity contribution in [1.29, 1.82) is 0 Å². The molecule has 1 heterocycles. The van der Waals surface area contributed by atoms with Crippen molar-refractivity contribution in [3.8, 4) is 0 Å². The first-order valence-corrected chi connectivity index (χ1v) is 10.3. The maximum Gasteiger partial charge on any atom is 0.471 e. The monoisotopic (exact) mass is 355 g/mol. The molecule has 0 spiro atoms. The molecule has 1 N–H and O–H groups in total. The minimum Gasteiger partial charge on any atom is -0.495 e. The van der Waals surface area contributed by atoms with Crippen molar-refractivity contribution in [2.75, 3.05) is 6.26 Å². The van der Waals surface area contributed by atoms with Crippen LogP contribution in [-0.4, -0.2) is 45.1 Å². The highest BCUT2D eigenvalue weighted by Gasteiger charge is 2.57. The van der Waals surface area contributed by atoms with Gasteiger partial charge in [-0.15, -0.1) is 0 Å². The Morgan fingerprint density at radius 3 is 2.29 bits per heavy atom.